The van der Waals surface area contributed by atoms with Crippen molar-refractivity contribution in [3.05, 3.63) is 32.2 Å². The summed E-state index contributed by atoms with van der Waals surface area (Å²) in [6.45, 7) is 0. The summed E-state index contributed by atoms with van der Waals surface area (Å²) in [4.78, 5) is 13.5. The summed E-state index contributed by atoms with van der Waals surface area (Å²) in [5.41, 5.74) is 0. The Morgan fingerprint density at radius 2 is 2.11 bits per heavy atom. The molecular formula is C7H4BrN3O4S3. The van der Waals surface area contributed by atoms with Gasteiger partial charge in [-0.2, -0.15) is 0 Å². The number of hydrogen-bond acceptors (Lipinski definition) is 7. The number of hydrogen-bond donors (Lipinski definition) is 1. The van der Waals surface area contributed by atoms with Crippen molar-refractivity contribution < 1.29 is 13.3 Å². The number of aromatic nitrogens is 1. The maximum absolute atomic E-state index is 11.9. The van der Waals surface area contributed by atoms with Gasteiger partial charge in [0.15, 0.2) is 0 Å². The number of nitro groups is 1. The maximum atomic E-state index is 11.9. The minimum absolute atomic E-state index is 0.0359. The molecule has 0 bridgehead atoms. The van der Waals surface area contributed by atoms with Crippen molar-refractivity contribution in [2.45, 2.75) is 4.21 Å². The van der Waals surface area contributed by atoms with Crippen LogP contribution in [0.4, 0.5) is 10.1 Å². The lowest BCUT2D eigenvalue weighted by molar-refractivity contribution is -0.380. The predicted octanol–water partition coefficient (Wildman–Crippen LogP) is 2.68. The van der Waals surface area contributed by atoms with Crippen LogP contribution in [-0.4, -0.2) is 18.3 Å². The molecule has 0 spiro atoms. The van der Waals surface area contributed by atoms with E-state index in [1.165, 1.54) is 6.07 Å². The monoisotopic (exact) mass is 369 g/mol. The lowest BCUT2D eigenvalue weighted by atomic mass is 10.7. The van der Waals surface area contributed by atoms with Gasteiger partial charge in [-0.3, -0.25) is 14.8 Å². The minimum atomic E-state index is -3.74. The summed E-state index contributed by atoms with van der Waals surface area (Å²) in [5, 5.41) is 10.2. The molecule has 2 aromatic rings. The number of nitrogens with one attached hydrogen (secondary N) is 1. The number of anilines is 1. The normalized spacial score (nSPS) is 11.4. The van der Waals surface area contributed by atoms with Crippen LogP contribution in [-0.2, 0) is 10.0 Å². The van der Waals surface area contributed by atoms with Gasteiger partial charge in [-0.15, -0.1) is 11.3 Å². The van der Waals surface area contributed by atoms with Crippen molar-refractivity contribution in [3.8, 4) is 0 Å². The molecule has 96 valence electrons. The standard InChI is InChI=1S/C7H4BrN3O4S3/c8-4-1-2-6(16-4)18(14,15)10-7-9-3-5(17-7)11(12)13/h1-3H,(H,9,10). The molecule has 0 saturated carbocycles. The lowest BCUT2D eigenvalue weighted by Crippen LogP contribution is -2.10. The lowest BCUT2D eigenvalue weighted by Gasteiger charge is -2.00. The molecule has 0 fully saturated rings. The van der Waals surface area contributed by atoms with E-state index in [-0.39, 0.29) is 14.3 Å². The molecule has 2 aromatic heterocycles. The fourth-order valence-corrected chi connectivity index (χ4v) is 4.89. The molecule has 0 aliphatic rings. The van der Waals surface area contributed by atoms with Gasteiger partial charge >= 0.3 is 5.00 Å². The van der Waals surface area contributed by atoms with Crippen LogP contribution in [0.5, 0.6) is 0 Å². The molecule has 0 unspecified atom stereocenters. The van der Waals surface area contributed by atoms with Gasteiger partial charge in [0.25, 0.3) is 10.0 Å². The molecular weight excluding hydrogens is 366 g/mol. The Labute approximate surface area is 118 Å². The fourth-order valence-electron chi connectivity index (χ4n) is 1.00. The second kappa shape index (κ2) is 4.91. The van der Waals surface area contributed by atoms with Crippen molar-refractivity contribution >= 4 is 58.8 Å². The van der Waals surface area contributed by atoms with E-state index in [0.29, 0.717) is 15.1 Å². The highest BCUT2D eigenvalue weighted by atomic mass is 79.9. The largest absolute Gasteiger partial charge is 0.345 e. The van der Waals surface area contributed by atoms with Gasteiger partial charge in [0.2, 0.25) is 5.13 Å². The number of nitrogens with zero attached hydrogens (tertiary/aromatic N) is 2. The SMILES string of the molecule is O=[N+]([O-])c1cnc(NS(=O)(=O)c2ccc(Br)s2)s1. The highest BCUT2D eigenvalue weighted by Crippen LogP contribution is 2.30. The third-order valence-electron chi connectivity index (χ3n) is 1.71. The minimum Gasteiger partial charge on any atom is -0.257 e. The van der Waals surface area contributed by atoms with Crippen LogP contribution in [0.15, 0.2) is 26.3 Å². The second-order valence-electron chi connectivity index (χ2n) is 2.92. The molecule has 0 amide bonds. The number of sulfonamides is 1. The molecule has 2 rings (SSSR count). The second-order valence-corrected chi connectivity index (χ2v) is 8.31. The van der Waals surface area contributed by atoms with Crippen LogP contribution in [0.25, 0.3) is 0 Å². The molecule has 0 aliphatic carbocycles. The molecule has 0 aromatic carbocycles. The van der Waals surface area contributed by atoms with Crippen molar-refractivity contribution in [1.29, 1.82) is 0 Å². The summed E-state index contributed by atoms with van der Waals surface area (Å²) in [6, 6.07) is 3.03. The zero-order valence-corrected chi connectivity index (χ0v) is 12.4. The van der Waals surface area contributed by atoms with Gasteiger partial charge in [0.1, 0.15) is 10.4 Å². The van der Waals surface area contributed by atoms with E-state index in [0.717, 1.165) is 17.5 Å². The van der Waals surface area contributed by atoms with Crippen molar-refractivity contribution in [2.24, 2.45) is 0 Å². The molecule has 2 heterocycles. The molecule has 18 heavy (non-hydrogen) atoms. The van der Waals surface area contributed by atoms with E-state index in [4.69, 9.17) is 0 Å². The average Bonchev–Trinajstić information content (AvgIpc) is 2.86. The van der Waals surface area contributed by atoms with Crippen molar-refractivity contribution in [1.82, 2.24) is 4.98 Å². The van der Waals surface area contributed by atoms with E-state index in [1.54, 1.807) is 6.07 Å². The van der Waals surface area contributed by atoms with E-state index in [2.05, 4.69) is 25.6 Å². The molecule has 0 saturated heterocycles. The van der Waals surface area contributed by atoms with Gasteiger partial charge in [-0.05, 0) is 39.4 Å². The Morgan fingerprint density at radius 3 is 2.61 bits per heavy atom. The Bertz CT molecular complexity index is 692. The summed E-state index contributed by atoms with van der Waals surface area (Å²) in [7, 11) is -3.74. The number of thiazole rings is 1. The molecule has 0 aliphatic heterocycles. The van der Waals surface area contributed by atoms with Gasteiger partial charge in [-0.1, -0.05) is 0 Å². The first-order valence-corrected chi connectivity index (χ1v) is 8.18. The molecule has 0 radical (unpaired) electrons. The topological polar surface area (TPSA) is 102 Å². The van der Waals surface area contributed by atoms with E-state index >= 15 is 0 Å². The third kappa shape index (κ3) is 2.85. The Morgan fingerprint density at radius 1 is 1.39 bits per heavy atom. The zero-order chi connectivity index (χ0) is 13.3. The highest BCUT2D eigenvalue weighted by molar-refractivity contribution is 9.11. The number of halogens is 1. The van der Waals surface area contributed by atoms with Crippen molar-refractivity contribution in [2.75, 3.05) is 4.72 Å². The Balaban J connectivity index is 2.25. The van der Waals surface area contributed by atoms with Gasteiger partial charge in [0, 0.05) is 0 Å². The Kier molecular flexibility index (Phi) is 3.66. The highest BCUT2D eigenvalue weighted by Gasteiger charge is 2.20. The zero-order valence-electron chi connectivity index (χ0n) is 8.36. The summed E-state index contributed by atoms with van der Waals surface area (Å²) < 4.78 is 26.7. The van der Waals surface area contributed by atoms with Gasteiger partial charge in [0.05, 0.1) is 8.71 Å². The molecule has 7 nitrogen and oxygen atoms in total. The first-order valence-electron chi connectivity index (χ1n) is 4.27. The van der Waals surface area contributed by atoms with E-state index in [9.17, 15) is 18.5 Å². The predicted molar refractivity (Wildman–Crippen MR) is 71.6 cm³/mol. The maximum Gasteiger partial charge on any atom is 0.345 e. The fraction of sp³-hybridized carbons (Fsp3) is 0. The summed E-state index contributed by atoms with van der Waals surface area (Å²) in [5.74, 6) is 0. The van der Waals surface area contributed by atoms with Crippen LogP contribution in [0.3, 0.4) is 0 Å². The number of rotatable bonds is 4. The first-order chi connectivity index (χ1) is 8.38. The third-order valence-corrected chi connectivity index (χ3v) is 6.16. The van der Waals surface area contributed by atoms with Crippen LogP contribution < -0.4 is 4.72 Å². The van der Waals surface area contributed by atoms with Crippen LogP contribution in [0.2, 0.25) is 0 Å². The van der Waals surface area contributed by atoms with Gasteiger partial charge < -0.3 is 0 Å². The van der Waals surface area contributed by atoms with Gasteiger partial charge in [-0.25, -0.2) is 13.4 Å². The van der Waals surface area contributed by atoms with E-state index in [1.807, 2.05) is 0 Å². The molecule has 11 heteroatoms. The average molecular weight is 370 g/mol. The molecule has 0 atom stereocenters. The summed E-state index contributed by atoms with van der Waals surface area (Å²) in [6.07, 6.45) is 1.01. The Hall–Kier alpha value is -1.04. The first kappa shape index (κ1) is 13.4. The number of thiophene rings is 1. The van der Waals surface area contributed by atoms with E-state index < -0.39 is 14.9 Å². The van der Waals surface area contributed by atoms with Crippen molar-refractivity contribution in [3.63, 3.8) is 0 Å². The van der Waals surface area contributed by atoms with Crippen LogP contribution in [0, 0.1) is 10.1 Å². The summed E-state index contributed by atoms with van der Waals surface area (Å²) >= 11 is 4.86. The molecule has 1 N–H and O–H groups in total. The van der Waals surface area contributed by atoms with Crippen LogP contribution in [0.1, 0.15) is 0 Å². The smallest absolute Gasteiger partial charge is 0.257 e. The van der Waals surface area contributed by atoms with Crippen LogP contribution >= 0.6 is 38.6 Å². The quantitative estimate of drug-likeness (QED) is 0.659.